The fraction of sp³-hybridized carbons (Fsp3) is 0.250. The van der Waals surface area contributed by atoms with Crippen molar-refractivity contribution >= 4 is 69.7 Å². The summed E-state index contributed by atoms with van der Waals surface area (Å²) in [6, 6.07) is 13.1. The zero-order chi connectivity index (χ0) is 23.0. The minimum atomic E-state index is -1.92. The van der Waals surface area contributed by atoms with Gasteiger partial charge in [0.05, 0.1) is 24.8 Å². The van der Waals surface area contributed by atoms with Crippen LogP contribution in [0.15, 0.2) is 48.5 Å². The van der Waals surface area contributed by atoms with E-state index in [9.17, 15) is 9.59 Å². The molecular weight excluding hydrogens is 485 g/mol. The molecule has 0 saturated carbocycles. The number of anilines is 1. The van der Waals surface area contributed by atoms with E-state index in [1.165, 1.54) is 7.11 Å². The van der Waals surface area contributed by atoms with Gasteiger partial charge in [0.15, 0.2) is 5.11 Å². The molecule has 11 heteroatoms. The second-order valence-corrected chi connectivity index (χ2v) is 8.82. The average Bonchev–Trinajstić information content (AvgIpc) is 2.73. The van der Waals surface area contributed by atoms with E-state index in [1.807, 2.05) is 0 Å². The number of ether oxygens (including phenoxy) is 2. The second kappa shape index (κ2) is 11.4. The maximum absolute atomic E-state index is 12.7. The third-order valence-electron chi connectivity index (χ3n) is 3.88. The average molecular weight is 505 g/mol. The van der Waals surface area contributed by atoms with Crippen LogP contribution in [0, 0.1) is 0 Å². The first-order valence-electron chi connectivity index (χ1n) is 9.01. The van der Waals surface area contributed by atoms with Gasteiger partial charge in [0.1, 0.15) is 11.9 Å². The number of para-hydroxylation sites is 1. The Balaban J connectivity index is 2.06. The number of hydrogen-bond acceptors (Lipinski definition) is 5. The van der Waals surface area contributed by atoms with Crippen LogP contribution in [-0.2, 0) is 4.74 Å². The summed E-state index contributed by atoms with van der Waals surface area (Å²) in [5.74, 6) is -0.585. The lowest BCUT2D eigenvalue weighted by Gasteiger charge is -2.28. The van der Waals surface area contributed by atoms with Crippen molar-refractivity contribution in [1.29, 1.82) is 0 Å². The molecule has 0 aliphatic rings. The fourth-order valence-corrected chi connectivity index (χ4v) is 3.01. The Kier molecular flexibility index (Phi) is 9.18. The Hall–Kier alpha value is -2.26. The minimum Gasteiger partial charge on any atom is -0.496 e. The molecule has 31 heavy (non-hydrogen) atoms. The molecule has 2 aromatic rings. The number of benzene rings is 2. The normalized spacial score (nSPS) is 11.8. The molecule has 1 atom stereocenters. The molecule has 0 aliphatic heterocycles. The maximum Gasteiger partial charge on any atom is 0.338 e. The van der Waals surface area contributed by atoms with Gasteiger partial charge >= 0.3 is 5.97 Å². The lowest BCUT2D eigenvalue weighted by molar-refractivity contribution is 0.0526. The van der Waals surface area contributed by atoms with E-state index < -0.39 is 21.8 Å². The molecule has 1 amide bonds. The van der Waals surface area contributed by atoms with Crippen LogP contribution in [0.1, 0.15) is 27.6 Å². The number of esters is 1. The molecule has 0 aliphatic carbocycles. The van der Waals surface area contributed by atoms with Crippen molar-refractivity contribution < 1.29 is 19.1 Å². The van der Waals surface area contributed by atoms with Gasteiger partial charge < -0.3 is 25.4 Å². The summed E-state index contributed by atoms with van der Waals surface area (Å²) in [5, 5.41) is 8.33. The van der Waals surface area contributed by atoms with Crippen molar-refractivity contribution in [2.24, 2.45) is 0 Å². The van der Waals surface area contributed by atoms with Crippen molar-refractivity contribution in [3.05, 3.63) is 59.7 Å². The fourth-order valence-electron chi connectivity index (χ4n) is 2.44. The van der Waals surface area contributed by atoms with Crippen LogP contribution in [0.4, 0.5) is 5.69 Å². The Labute approximate surface area is 200 Å². The first-order valence-corrected chi connectivity index (χ1v) is 10.5. The van der Waals surface area contributed by atoms with Gasteiger partial charge in [-0.3, -0.25) is 4.79 Å². The zero-order valence-corrected chi connectivity index (χ0v) is 19.7. The van der Waals surface area contributed by atoms with E-state index in [1.54, 1.807) is 55.5 Å². The maximum atomic E-state index is 12.7. The minimum absolute atomic E-state index is 0.0838. The molecule has 2 rings (SSSR count). The summed E-state index contributed by atoms with van der Waals surface area (Å²) < 4.78 is 8.20. The van der Waals surface area contributed by atoms with Crippen LogP contribution >= 0.6 is 47.0 Å². The van der Waals surface area contributed by atoms with E-state index in [2.05, 4.69) is 16.0 Å². The number of carbonyl (C=O) groups is 2. The molecule has 0 spiro atoms. The van der Waals surface area contributed by atoms with Crippen LogP contribution in [0.3, 0.4) is 0 Å². The number of nitrogens with one attached hydrogen (secondary N) is 3. The van der Waals surface area contributed by atoms with Gasteiger partial charge in [0, 0.05) is 5.69 Å². The number of methoxy groups -OCH3 is 1. The van der Waals surface area contributed by atoms with Crippen LogP contribution in [0.2, 0.25) is 0 Å². The lowest BCUT2D eigenvalue weighted by atomic mass is 10.2. The lowest BCUT2D eigenvalue weighted by Crippen LogP contribution is -2.56. The van der Waals surface area contributed by atoms with Crippen molar-refractivity contribution in [2.45, 2.75) is 16.9 Å². The summed E-state index contributed by atoms with van der Waals surface area (Å²) in [6.07, 6.45) is -1.16. The Bertz CT molecular complexity index is 936. The molecule has 0 aromatic heterocycles. The molecular formula is C20H20Cl3N3O4S. The van der Waals surface area contributed by atoms with E-state index in [4.69, 9.17) is 56.5 Å². The molecule has 7 nitrogen and oxygen atoms in total. The molecule has 1 unspecified atom stereocenters. The van der Waals surface area contributed by atoms with Crippen molar-refractivity contribution in [1.82, 2.24) is 10.6 Å². The van der Waals surface area contributed by atoms with Crippen LogP contribution < -0.4 is 20.7 Å². The predicted molar refractivity (Wildman–Crippen MR) is 126 cm³/mol. The molecule has 0 saturated heterocycles. The number of halogens is 3. The summed E-state index contributed by atoms with van der Waals surface area (Å²) in [6.45, 7) is 2.01. The van der Waals surface area contributed by atoms with Gasteiger partial charge in [-0.05, 0) is 55.5 Å². The molecule has 166 valence electrons. The first kappa shape index (κ1) is 25.0. The van der Waals surface area contributed by atoms with Crippen LogP contribution in [-0.4, -0.2) is 40.7 Å². The summed E-state index contributed by atoms with van der Waals surface area (Å²) in [4.78, 5) is 24.4. The van der Waals surface area contributed by atoms with Gasteiger partial charge in [-0.15, -0.1) is 0 Å². The molecule has 3 N–H and O–H groups in total. The highest BCUT2D eigenvalue weighted by Crippen LogP contribution is 2.30. The van der Waals surface area contributed by atoms with Crippen molar-refractivity contribution in [3.8, 4) is 5.75 Å². The molecule has 0 fully saturated rings. The Morgan fingerprint density at radius 1 is 1.06 bits per heavy atom. The Morgan fingerprint density at radius 2 is 1.71 bits per heavy atom. The molecule has 2 aromatic carbocycles. The quantitative estimate of drug-likeness (QED) is 0.224. The third kappa shape index (κ3) is 7.43. The molecule has 0 bridgehead atoms. The van der Waals surface area contributed by atoms with Gasteiger partial charge in [0.2, 0.25) is 3.79 Å². The standard InChI is InChI=1S/C20H20Cl3N3O4S/c1-3-30-17(28)12-8-10-13(11-9-12)24-19(31)26-18(20(21,22)23)25-16(27)14-6-4-5-7-15(14)29-2/h4-11,18H,3H2,1-2H3,(H,25,27)(H2,24,26,31). The van der Waals surface area contributed by atoms with Gasteiger partial charge in [-0.25, -0.2) is 4.79 Å². The zero-order valence-electron chi connectivity index (χ0n) is 16.6. The summed E-state index contributed by atoms with van der Waals surface area (Å²) >= 11 is 23.3. The highest BCUT2D eigenvalue weighted by atomic mass is 35.6. The SMILES string of the molecule is CCOC(=O)c1ccc(NC(=S)NC(NC(=O)c2ccccc2OC)C(Cl)(Cl)Cl)cc1. The first-order chi connectivity index (χ1) is 14.7. The Morgan fingerprint density at radius 3 is 2.29 bits per heavy atom. The topological polar surface area (TPSA) is 88.7 Å². The number of alkyl halides is 3. The van der Waals surface area contributed by atoms with Gasteiger partial charge in [-0.1, -0.05) is 46.9 Å². The highest BCUT2D eigenvalue weighted by Gasteiger charge is 2.35. The van der Waals surface area contributed by atoms with Crippen molar-refractivity contribution in [2.75, 3.05) is 19.0 Å². The molecule has 0 radical (unpaired) electrons. The van der Waals surface area contributed by atoms with E-state index in [-0.39, 0.29) is 17.3 Å². The number of rotatable bonds is 7. The predicted octanol–water partition coefficient (Wildman–Crippen LogP) is 4.28. The largest absolute Gasteiger partial charge is 0.496 e. The number of hydrogen-bond donors (Lipinski definition) is 3. The monoisotopic (exact) mass is 503 g/mol. The van der Waals surface area contributed by atoms with Crippen molar-refractivity contribution in [3.63, 3.8) is 0 Å². The molecule has 0 heterocycles. The van der Waals surface area contributed by atoms with Gasteiger partial charge in [0.25, 0.3) is 5.91 Å². The number of carbonyl (C=O) groups excluding carboxylic acids is 2. The van der Waals surface area contributed by atoms with E-state index in [0.717, 1.165) is 0 Å². The van der Waals surface area contributed by atoms with Crippen LogP contribution in [0.5, 0.6) is 5.75 Å². The van der Waals surface area contributed by atoms with E-state index >= 15 is 0 Å². The number of thiocarbonyl (C=S) groups is 1. The summed E-state index contributed by atoms with van der Waals surface area (Å²) in [7, 11) is 1.45. The second-order valence-electron chi connectivity index (χ2n) is 6.04. The van der Waals surface area contributed by atoms with Crippen LogP contribution in [0.25, 0.3) is 0 Å². The van der Waals surface area contributed by atoms with E-state index in [0.29, 0.717) is 17.0 Å². The summed E-state index contributed by atoms with van der Waals surface area (Å²) in [5.41, 5.74) is 1.23. The van der Waals surface area contributed by atoms with Gasteiger partial charge in [-0.2, -0.15) is 0 Å². The smallest absolute Gasteiger partial charge is 0.338 e. The highest BCUT2D eigenvalue weighted by molar-refractivity contribution is 7.80. The number of amides is 1. The third-order valence-corrected chi connectivity index (χ3v) is 4.76.